The Morgan fingerprint density at radius 2 is 1.95 bits per heavy atom. The average Bonchev–Trinajstić information content (AvgIpc) is 2.35. The summed E-state index contributed by atoms with van der Waals surface area (Å²) in [4.78, 5) is 37.4. The van der Waals surface area contributed by atoms with E-state index in [0.29, 0.717) is 0 Å². The van der Waals surface area contributed by atoms with Gasteiger partial charge in [0.2, 0.25) is 5.91 Å². The molecule has 20 heavy (non-hydrogen) atoms. The lowest BCUT2D eigenvalue weighted by Crippen LogP contribution is -2.49. The van der Waals surface area contributed by atoms with Crippen LogP contribution in [-0.2, 0) is 4.79 Å². The van der Waals surface area contributed by atoms with Gasteiger partial charge in [-0.15, -0.1) is 0 Å². The summed E-state index contributed by atoms with van der Waals surface area (Å²) < 4.78 is 0. The fourth-order valence-electron chi connectivity index (χ4n) is 1.53. The molecule has 1 aromatic rings. The summed E-state index contributed by atoms with van der Waals surface area (Å²) in [5.41, 5.74) is 5.19. The van der Waals surface area contributed by atoms with Gasteiger partial charge in [-0.05, 0) is 12.0 Å². The highest BCUT2D eigenvalue weighted by Gasteiger charge is 2.23. The van der Waals surface area contributed by atoms with Gasteiger partial charge in [0.1, 0.15) is 6.04 Å². The van der Waals surface area contributed by atoms with Crippen molar-refractivity contribution < 1.29 is 19.5 Å². The molecule has 0 radical (unpaired) electrons. The minimum absolute atomic E-state index is 0.0493. The Morgan fingerprint density at radius 1 is 1.30 bits per heavy atom. The van der Waals surface area contributed by atoms with E-state index in [2.05, 4.69) is 15.6 Å². The molecule has 0 saturated heterocycles. The van der Waals surface area contributed by atoms with Crippen molar-refractivity contribution in [2.45, 2.75) is 19.9 Å². The van der Waals surface area contributed by atoms with Gasteiger partial charge in [0.05, 0.1) is 17.4 Å². The number of nitrogens with one attached hydrogen (secondary N) is 2. The molecule has 5 N–H and O–H groups in total. The third-order valence-corrected chi connectivity index (χ3v) is 2.50. The number of amides is 3. The van der Waals surface area contributed by atoms with E-state index in [0.717, 1.165) is 0 Å². The molecule has 1 rings (SSSR count). The Hall–Kier alpha value is -2.64. The Bertz CT molecular complexity index is 530. The molecule has 0 aliphatic carbocycles. The number of carboxylic acids is 1. The van der Waals surface area contributed by atoms with Gasteiger partial charge in [-0.3, -0.25) is 9.78 Å². The zero-order valence-electron chi connectivity index (χ0n) is 11.1. The van der Waals surface area contributed by atoms with Crippen molar-refractivity contribution in [3.63, 3.8) is 0 Å². The molecule has 1 atom stereocenters. The number of carbonyl (C=O) groups excluding carboxylic acids is 2. The van der Waals surface area contributed by atoms with E-state index in [1.807, 2.05) is 0 Å². The first-order chi connectivity index (χ1) is 9.31. The van der Waals surface area contributed by atoms with Crippen LogP contribution in [0.2, 0.25) is 0 Å². The zero-order chi connectivity index (χ0) is 15.3. The number of carbonyl (C=O) groups is 3. The molecule has 0 saturated carbocycles. The molecule has 0 spiro atoms. The summed E-state index contributed by atoms with van der Waals surface area (Å²) >= 11 is 0. The van der Waals surface area contributed by atoms with Crippen LogP contribution >= 0.6 is 0 Å². The number of aromatic carboxylic acids is 1. The van der Waals surface area contributed by atoms with E-state index >= 15 is 0 Å². The van der Waals surface area contributed by atoms with Crippen molar-refractivity contribution in [2.24, 2.45) is 11.7 Å². The van der Waals surface area contributed by atoms with Crippen molar-refractivity contribution in [1.29, 1.82) is 0 Å². The van der Waals surface area contributed by atoms with E-state index in [9.17, 15) is 14.4 Å². The molecule has 1 unspecified atom stereocenters. The minimum Gasteiger partial charge on any atom is -0.478 e. The quantitative estimate of drug-likeness (QED) is 0.619. The van der Waals surface area contributed by atoms with E-state index in [1.165, 1.54) is 18.5 Å². The standard InChI is InChI=1S/C12H16N4O4/c1-6(2)9(16-12(13)20)10(17)15-8-3-7(11(18)19)4-14-5-8/h3-6,9H,1-2H3,(H,15,17)(H,18,19)(H3,13,16,20). The first kappa shape index (κ1) is 15.4. The topological polar surface area (TPSA) is 134 Å². The number of rotatable bonds is 5. The highest BCUT2D eigenvalue weighted by atomic mass is 16.4. The minimum atomic E-state index is -1.15. The van der Waals surface area contributed by atoms with E-state index < -0.39 is 23.9 Å². The van der Waals surface area contributed by atoms with Gasteiger partial charge < -0.3 is 21.5 Å². The predicted octanol–water partition coefficient (Wildman–Crippen LogP) is 0.411. The highest BCUT2D eigenvalue weighted by molar-refractivity contribution is 5.98. The number of hydrogen-bond acceptors (Lipinski definition) is 4. The number of nitrogens with two attached hydrogens (primary N) is 1. The number of pyridine rings is 1. The van der Waals surface area contributed by atoms with Gasteiger partial charge in [-0.25, -0.2) is 9.59 Å². The van der Waals surface area contributed by atoms with Crippen LogP contribution in [-0.4, -0.2) is 34.0 Å². The van der Waals surface area contributed by atoms with Crippen LogP contribution in [0, 0.1) is 5.92 Å². The molecule has 0 fully saturated rings. The second kappa shape index (κ2) is 6.50. The summed E-state index contributed by atoms with van der Waals surface area (Å²) in [7, 11) is 0. The number of aromatic nitrogens is 1. The van der Waals surface area contributed by atoms with Gasteiger partial charge in [-0.1, -0.05) is 13.8 Å². The Labute approximate surface area is 115 Å². The number of primary amides is 1. The van der Waals surface area contributed by atoms with Gasteiger partial charge in [0.25, 0.3) is 0 Å². The van der Waals surface area contributed by atoms with Gasteiger partial charge in [0.15, 0.2) is 0 Å². The maximum Gasteiger partial charge on any atom is 0.337 e. The van der Waals surface area contributed by atoms with Crippen LogP contribution < -0.4 is 16.4 Å². The highest BCUT2D eigenvalue weighted by Crippen LogP contribution is 2.11. The average molecular weight is 280 g/mol. The van der Waals surface area contributed by atoms with Crippen molar-refractivity contribution in [1.82, 2.24) is 10.3 Å². The van der Waals surface area contributed by atoms with Crippen LogP contribution in [0.15, 0.2) is 18.5 Å². The number of carboxylic acid groups (broad SMARTS) is 1. The lowest BCUT2D eigenvalue weighted by Gasteiger charge is -2.20. The van der Waals surface area contributed by atoms with Gasteiger partial charge in [0, 0.05) is 6.20 Å². The largest absolute Gasteiger partial charge is 0.478 e. The molecule has 8 nitrogen and oxygen atoms in total. The molecular weight excluding hydrogens is 264 g/mol. The van der Waals surface area contributed by atoms with Crippen molar-refractivity contribution in [3.8, 4) is 0 Å². The number of anilines is 1. The fraction of sp³-hybridized carbons (Fsp3) is 0.333. The molecule has 1 aromatic heterocycles. The summed E-state index contributed by atoms with van der Waals surface area (Å²) in [5.74, 6) is -1.83. The van der Waals surface area contributed by atoms with Crippen molar-refractivity contribution >= 4 is 23.6 Å². The molecule has 0 bridgehead atoms. The first-order valence-corrected chi connectivity index (χ1v) is 5.86. The van der Waals surface area contributed by atoms with Crippen LogP contribution in [0.25, 0.3) is 0 Å². The van der Waals surface area contributed by atoms with Crippen LogP contribution in [0.3, 0.4) is 0 Å². The van der Waals surface area contributed by atoms with Crippen LogP contribution in [0.4, 0.5) is 10.5 Å². The Balaban J connectivity index is 2.85. The van der Waals surface area contributed by atoms with Crippen molar-refractivity contribution in [2.75, 3.05) is 5.32 Å². The van der Waals surface area contributed by atoms with E-state index in [1.54, 1.807) is 13.8 Å². The zero-order valence-corrected chi connectivity index (χ0v) is 11.1. The summed E-state index contributed by atoms with van der Waals surface area (Å²) in [6.07, 6.45) is 2.48. The maximum atomic E-state index is 12.0. The molecule has 108 valence electrons. The van der Waals surface area contributed by atoms with E-state index in [4.69, 9.17) is 10.8 Å². The summed E-state index contributed by atoms with van der Waals surface area (Å²) in [6.45, 7) is 3.48. The second-order valence-corrected chi connectivity index (χ2v) is 4.49. The molecular formula is C12H16N4O4. The van der Waals surface area contributed by atoms with Gasteiger partial charge in [-0.2, -0.15) is 0 Å². The SMILES string of the molecule is CC(C)C(NC(N)=O)C(=O)Nc1cncc(C(=O)O)c1. The lowest BCUT2D eigenvalue weighted by molar-refractivity contribution is -0.118. The summed E-state index contributed by atoms with van der Waals surface area (Å²) in [6, 6.07) is -0.355. The second-order valence-electron chi connectivity index (χ2n) is 4.49. The van der Waals surface area contributed by atoms with Crippen LogP contribution in [0.1, 0.15) is 24.2 Å². The smallest absolute Gasteiger partial charge is 0.337 e. The normalized spacial score (nSPS) is 11.8. The predicted molar refractivity (Wildman–Crippen MR) is 71.2 cm³/mol. The summed E-state index contributed by atoms with van der Waals surface area (Å²) in [5, 5.41) is 13.6. The fourth-order valence-corrected chi connectivity index (χ4v) is 1.53. The van der Waals surface area contributed by atoms with Gasteiger partial charge >= 0.3 is 12.0 Å². The number of nitrogens with zero attached hydrogens (tertiary/aromatic N) is 1. The Morgan fingerprint density at radius 3 is 2.45 bits per heavy atom. The number of urea groups is 1. The van der Waals surface area contributed by atoms with E-state index in [-0.39, 0.29) is 17.2 Å². The van der Waals surface area contributed by atoms with Crippen molar-refractivity contribution in [3.05, 3.63) is 24.0 Å². The molecule has 0 aliphatic rings. The first-order valence-electron chi connectivity index (χ1n) is 5.86. The number of hydrogen-bond donors (Lipinski definition) is 4. The third-order valence-electron chi connectivity index (χ3n) is 2.50. The third kappa shape index (κ3) is 4.23. The van der Waals surface area contributed by atoms with Crippen LogP contribution in [0.5, 0.6) is 0 Å². The monoisotopic (exact) mass is 280 g/mol. The molecule has 8 heteroatoms. The Kier molecular flexibility index (Phi) is 5.01. The lowest BCUT2D eigenvalue weighted by atomic mass is 10.0. The maximum absolute atomic E-state index is 12.0. The molecule has 0 aliphatic heterocycles. The molecule has 3 amide bonds. The molecule has 1 heterocycles. The molecule has 0 aromatic carbocycles.